The van der Waals surface area contributed by atoms with Crippen molar-refractivity contribution < 1.29 is 45.2 Å². The second kappa shape index (κ2) is 11.9. The van der Waals surface area contributed by atoms with E-state index in [0.29, 0.717) is 4.57 Å². The van der Waals surface area contributed by atoms with Gasteiger partial charge in [-0.15, -0.1) is 0 Å². The first-order chi connectivity index (χ1) is 39.0. The highest BCUT2D eigenvalue weighted by atomic mass is 28.3. The van der Waals surface area contributed by atoms with Crippen LogP contribution in [-0.4, -0.2) is 17.2 Å². The molecule has 0 saturated carbocycles. The Kier molecular flexibility index (Phi) is 2.63. The van der Waals surface area contributed by atoms with E-state index in [4.69, 9.17) is 24.7 Å². The van der Waals surface area contributed by atoms with Crippen LogP contribution in [0.3, 0.4) is 0 Å². The molecule has 0 fully saturated rings. The number of nitrogens with zero attached hydrogens (tertiary/aromatic N) is 2. The van der Waals surface area contributed by atoms with E-state index in [1.165, 1.54) is 0 Å². The first kappa shape index (κ1) is 11.3. The Morgan fingerprint density at radius 3 is 1.27 bits per heavy atom. The van der Waals surface area contributed by atoms with Gasteiger partial charge < -0.3 is 9.13 Å². The molecule has 240 valence electrons. The molecule has 0 aliphatic rings. The molecule has 0 radical (unpaired) electrons. The van der Waals surface area contributed by atoms with Gasteiger partial charge in [-0.25, -0.2) is 0 Å². The van der Waals surface area contributed by atoms with Crippen LogP contribution in [0.25, 0.3) is 55.0 Å². The SMILES string of the molecule is [2H]c1cc2c(c([2H])c1[2H])c1c([2H])c([2H])c([2H])c([2H])c1n2-c1c([2H])c([2H])c2c(c1[2H])c1c([2H])c([2H])c([2H])c([2H])c1n2-c1c([2H])c([2H])c([Si](c2c([2H])c([2H])c([2H])c([2H])c2[2H])(c2c([2H])c([2H])c([2H])c([2H])c2[2H])c2c([2H])c([2H])c([2H])c([2H])c2[2H])c([2H])c1[2H]. The lowest BCUT2D eigenvalue weighted by atomic mass is 10.1. The van der Waals surface area contributed by atoms with E-state index in [2.05, 4.69) is 0 Å². The van der Waals surface area contributed by atoms with Crippen molar-refractivity contribution in [1.82, 2.24) is 9.13 Å². The smallest absolute Gasteiger partial charge is 0.179 e. The van der Waals surface area contributed by atoms with E-state index in [-0.39, 0.29) is 10.9 Å². The molecule has 8 aromatic carbocycles. The Balaban J connectivity index is 1.49. The highest BCUT2D eigenvalue weighted by Gasteiger charge is 2.41. The lowest BCUT2D eigenvalue weighted by Gasteiger charge is -2.34. The maximum Gasteiger partial charge on any atom is 0.179 e. The average Bonchev–Trinajstić information content (AvgIpc) is 1.08. The molecule has 0 unspecified atom stereocenters. The summed E-state index contributed by atoms with van der Waals surface area (Å²) in [4.78, 5) is 0. The summed E-state index contributed by atoms with van der Waals surface area (Å²) in [5.41, 5.74) is -4.37. The van der Waals surface area contributed by atoms with Gasteiger partial charge in [0.1, 0.15) is 0 Å². The molecule has 0 aliphatic carbocycles. The van der Waals surface area contributed by atoms with Crippen LogP contribution in [0.1, 0.15) is 45.2 Å². The van der Waals surface area contributed by atoms with Crippen molar-refractivity contribution in [3.8, 4) is 11.4 Å². The molecule has 2 aromatic heterocycles. The third-order valence-corrected chi connectivity index (χ3v) is 12.3. The number of benzene rings is 8. The quantitative estimate of drug-likeness (QED) is 0.121. The molecular formula is C48H34N2Si. The Bertz CT molecular complexity index is 4490. The summed E-state index contributed by atoms with van der Waals surface area (Å²) >= 11 is 0. The third kappa shape index (κ3) is 4.49. The zero-order chi connectivity index (χ0) is 62.5. The fourth-order valence-corrected chi connectivity index (χ4v) is 9.72. The topological polar surface area (TPSA) is 9.86 Å². The van der Waals surface area contributed by atoms with Gasteiger partial charge in [0, 0.05) is 32.9 Å². The van der Waals surface area contributed by atoms with E-state index in [1.54, 1.807) is 0 Å². The normalized spacial score (nSPS) is 21.0. The Hall–Kier alpha value is -6.42. The molecule has 0 N–H and O–H groups in total. The first-order valence-corrected chi connectivity index (χ1v) is 16.9. The van der Waals surface area contributed by atoms with Crippen LogP contribution < -0.4 is 20.7 Å². The van der Waals surface area contributed by atoms with Gasteiger partial charge in [0.2, 0.25) is 0 Å². The summed E-state index contributed by atoms with van der Waals surface area (Å²) in [5, 5.41) is -6.94. The fraction of sp³-hybridized carbons (Fsp3) is 0. The van der Waals surface area contributed by atoms with Crippen LogP contribution in [0, 0.1) is 0 Å². The zero-order valence-corrected chi connectivity index (χ0v) is 26.5. The number of hydrogen-bond donors (Lipinski definition) is 0. The molecule has 10 rings (SSSR count). The molecular weight excluding hydrogens is 633 g/mol. The van der Waals surface area contributed by atoms with Crippen LogP contribution in [0.5, 0.6) is 0 Å². The molecule has 0 atom stereocenters. The maximum absolute atomic E-state index is 10.1. The molecule has 0 spiro atoms. The van der Waals surface area contributed by atoms with E-state index in [1.807, 2.05) is 0 Å². The van der Waals surface area contributed by atoms with Crippen molar-refractivity contribution in [3.63, 3.8) is 0 Å². The fourth-order valence-electron chi connectivity index (χ4n) is 6.22. The minimum atomic E-state index is -6.40. The summed E-state index contributed by atoms with van der Waals surface area (Å²) in [5.74, 6) is 0. The molecule has 0 aliphatic heterocycles. The van der Waals surface area contributed by atoms with Crippen molar-refractivity contribution in [2.24, 2.45) is 0 Å². The minimum absolute atomic E-state index is 0.352. The average molecular weight is 700 g/mol. The largest absolute Gasteiger partial charge is 0.309 e. The van der Waals surface area contributed by atoms with Crippen LogP contribution in [0.15, 0.2) is 205 Å². The van der Waals surface area contributed by atoms with Crippen LogP contribution in [0.4, 0.5) is 0 Å². The number of rotatable bonds is 6. The summed E-state index contributed by atoms with van der Waals surface area (Å²) in [6.07, 6.45) is 0. The molecule has 3 heteroatoms. The number of aromatic nitrogens is 2. The molecule has 2 nitrogen and oxygen atoms in total. The lowest BCUT2D eigenvalue weighted by Crippen LogP contribution is -2.74. The van der Waals surface area contributed by atoms with Crippen molar-refractivity contribution >= 4 is 72.4 Å². The zero-order valence-electron chi connectivity index (χ0n) is 58.5. The van der Waals surface area contributed by atoms with Crippen LogP contribution in [-0.2, 0) is 0 Å². The Labute approximate surface area is 344 Å². The monoisotopic (exact) mass is 699 g/mol. The standard InChI is InChI=1S/C48H34N2Si/c1-4-16-37(17-5-1)51(38-18-6-2-7-19-38,39-20-8-3-9-21-39)40-31-28-35(29-32-40)49-47-27-15-12-24-43(47)44-34-36(30-33-48(44)49)50-45-25-13-10-22-41(45)42-23-11-14-26-46(42)50/h1-34H/i1D,2D,3D,4D,5D,6D,7D,8D,9D,10D,11D,12D,13D,14D,15D,16D,17D,18D,19D,20D,21D,22D,23D,24D,25D,27D,28D,29D,30D,31D,32D,33D,34D. The second-order valence-electron chi connectivity index (χ2n) is 10.8. The first-order valence-electron chi connectivity index (χ1n) is 31.4. The van der Waals surface area contributed by atoms with Crippen molar-refractivity contribution in [3.05, 3.63) is 205 Å². The minimum Gasteiger partial charge on any atom is -0.309 e. The van der Waals surface area contributed by atoms with Crippen molar-refractivity contribution in [2.75, 3.05) is 0 Å². The van der Waals surface area contributed by atoms with Crippen molar-refractivity contribution in [2.45, 2.75) is 0 Å². The molecule has 0 saturated heterocycles. The summed E-state index contributed by atoms with van der Waals surface area (Å²) in [6.45, 7) is 0. The van der Waals surface area contributed by atoms with Gasteiger partial charge in [-0.05, 0) is 69.1 Å². The predicted octanol–water partition coefficient (Wildman–Crippen LogP) is 9.26. The third-order valence-electron chi connectivity index (χ3n) is 8.31. The van der Waals surface area contributed by atoms with Gasteiger partial charge in [0.25, 0.3) is 0 Å². The summed E-state index contributed by atoms with van der Waals surface area (Å²) < 4.78 is 303. The van der Waals surface area contributed by atoms with E-state index in [0.717, 1.165) is 10.6 Å². The molecule has 0 bridgehead atoms. The Morgan fingerprint density at radius 1 is 0.314 bits per heavy atom. The lowest BCUT2D eigenvalue weighted by molar-refractivity contribution is 1.17. The van der Waals surface area contributed by atoms with E-state index >= 15 is 0 Å². The van der Waals surface area contributed by atoms with Crippen molar-refractivity contribution in [1.29, 1.82) is 0 Å². The van der Waals surface area contributed by atoms with Gasteiger partial charge in [-0.3, -0.25) is 0 Å². The van der Waals surface area contributed by atoms with Gasteiger partial charge in [0.05, 0.1) is 67.3 Å². The maximum atomic E-state index is 10.1. The highest BCUT2D eigenvalue weighted by molar-refractivity contribution is 7.19. The van der Waals surface area contributed by atoms with E-state index < -0.39 is 272 Å². The highest BCUT2D eigenvalue weighted by Crippen LogP contribution is 2.36. The van der Waals surface area contributed by atoms with Gasteiger partial charge in [-0.2, -0.15) is 0 Å². The van der Waals surface area contributed by atoms with Gasteiger partial charge in [-0.1, -0.05) is 157 Å². The second-order valence-corrected chi connectivity index (χ2v) is 14.3. The van der Waals surface area contributed by atoms with Gasteiger partial charge in [0.15, 0.2) is 8.07 Å². The van der Waals surface area contributed by atoms with E-state index in [9.17, 15) is 20.6 Å². The van der Waals surface area contributed by atoms with Crippen LogP contribution >= 0.6 is 0 Å². The molecule has 2 heterocycles. The summed E-state index contributed by atoms with van der Waals surface area (Å²) in [7, 11) is -6.40. The van der Waals surface area contributed by atoms with Gasteiger partial charge >= 0.3 is 0 Å². The Morgan fingerprint density at radius 2 is 0.706 bits per heavy atom. The predicted molar refractivity (Wildman–Crippen MR) is 219 cm³/mol. The summed E-state index contributed by atoms with van der Waals surface area (Å²) in [6, 6.07) is -35.5. The molecule has 0 amide bonds. The molecule has 51 heavy (non-hydrogen) atoms. The van der Waals surface area contributed by atoms with Crippen LogP contribution in [0.2, 0.25) is 0 Å². The number of fused-ring (bicyclic) bond motifs is 6. The number of para-hydroxylation sites is 3. The molecule has 10 aromatic rings. The number of hydrogen-bond acceptors (Lipinski definition) is 0.